The maximum atomic E-state index is 13.7. The molecule has 0 radical (unpaired) electrons. The van der Waals surface area contributed by atoms with Gasteiger partial charge in [-0.05, 0) is 60.6 Å². The van der Waals surface area contributed by atoms with Crippen molar-refractivity contribution in [3.63, 3.8) is 0 Å². The number of aromatic nitrogens is 1. The summed E-state index contributed by atoms with van der Waals surface area (Å²) in [6.45, 7) is 3.11. The fourth-order valence-electron chi connectivity index (χ4n) is 5.56. The summed E-state index contributed by atoms with van der Waals surface area (Å²) in [5, 5.41) is 12.4. The number of nitroso groups, excluding NO2 is 1. The Morgan fingerprint density at radius 2 is 1.77 bits per heavy atom. The second-order valence-corrected chi connectivity index (χ2v) is 11.2. The van der Waals surface area contributed by atoms with Crippen LogP contribution in [0.4, 0.5) is 27.5 Å². The predicted octanol–water partition coefficient (Wildman–Crippen LogP) is 4.98. The summed E-state index contributed by atoms with van der Waals surface area (Å²) in [4.78, 5) is 66.9. The molecule has 5 amide bonds. The lowest BCUT2D eigenvalue weighted by Crippen LogP contribution is -2.49. The number of nitrogens with one attached hydrogen (secondary N) is 2. The Balaban J connectivity index is 1.16. The van der Waals surface area contributed by atoms with Crippen LogP contribution in [-0.4, -0.2) is 73.6 Å². The van der Waals surface area contributed by atoms with Crippen LogP contribution in [0.15, 0.2) is 70.4 Å². The zero-order valence-corrected chi connectivity index (χ0v) is 26.0. The number of ether oxygens (including phenoxy) is 1. The number of imide groups is 1. The smallest absolute Gasteiger partial charge is 0.329 e. The number of benzene rings is 3. The van der Waals surface area contributed by atoms with Crippen molar-refractivity contribution in [1.82, 2.24) is 15.4 Å². The van der Waals surface area contributed by atoms with Crippen molar-refractivity contribution < 1.29 is 28.4 Å². The lowest BCUT2D eigenvalue weighted by Gasteiger charge is -2.36. The van der Waals surface area contributed by atoms with E-state index in [1.165, 1.54) is 23.1 Å². The van der Waals surface area contributed by atoms with Crippen molar-refractivity contribution in [2.24, 2.45) is 5.18 Å². The van der Waals surface area contributed by atoms with Gasteiger partial charge < -0.3 is 24.4 Å². The number of hydrogen-bond acceptors (Lipinski definition) is 10. The number of piperazine rings is 1. The number of amides is 5. The number of halogens is 1. The lowest BCUT2D eigenvalue weighted by atomic mass is 10.0. The maximum absolute atomic E-state index is 13.7. The number of hydrogen-bond donors (Lipinski definition) is 2. The minimum atomic E-state index is -0.543. The highest BCUT2D eigenvalue weighted by molar-refractivity contribution is 6.34. The van der Waals surface area contributed by atoms with Crippen LogP contribution in [0.1, 0.15) is 26.5 Å². The fourth-order valence-corrected chi connectivity index (χ4v) is 5.84. The second kappa shape index (κ2) is 12.9. The standard InChI is InChI=1S/C32H28ClN7O7/c1-18-28(29(37-47-18)21-5-3-4-6-26(21)46-2)31(43)39-13-11-38(12-14-39)25-16-23(24(36-45)15-22(25)33)34-30(42)19-7-9-20(10-8-19)40-17-27(41)35-32(40)44/h3-10,15-16H,11-14,17H2,1-2H3,(H,34,42)(H,35,41,44). The van der Waals surface area contributed by atoms with E-state index in [1.807, 2.05) is 23.1 Å². The molecule has 2 aliphatic rings. The van der Waals surface area contributed by atoms with E-state index < -0.39 is 17.8 Å². The summed E-state index contributed by atoms with van der Waals surface area (Å²) in [6.07, 6.45) is 0. The molecule has 240 valence electrons. The quantitative estimate of drug-likeness (QED) is 0.196. The molecule has 3 heterocycles. The summed E-state index contributed by atoms with van der Waals surface area (Å²) in [5.74, 6) is -0.212. The first-order chi connectivity index (χ1) is 22.7. The Labute approximate surface area is 273 Å². The van der Waals surface area contributed by atoms with E-state index in [0.717, 1.165) is 0 Å². The van der Waals surface area contributed by atoms with Gasteiger partial charge in [0.15, 0.2) is 0 Å². The van der Waals surface area contributed by atoms with Gasteiger partial charge in [0.1, 0.15) is 35.0 Å². The SMILES string of the molecule is COc1ccccc1-c1noc(C)c1C(=O)N1CCN(c2cc(NC(=O)c3ccc(N4CC(=O)NC4=O)cc3)c(N=O)cc2Cl)CC1. The molecule has 2 fully saturated rings. The molecular formula is C32H28ClN7O7. The van der Waals surface area contributed by atoms with E-state index in [1.54, 1.807) is 43.2 Å². The van der Waals surface area contributed by atoms with Gasteiger partial charge in [0, 0.05) is 43.0 Å². The van der Waals surface area contributed by atoms with Gasteiger partial charge in [0.05, 0.1) is 23.5 Å². The molecule has 0 bridgehead atoms. The third-order valence-electron chi connectivity index (χ3n) is 7.99. The minimum Gasteiger partial charge on any atom is -0.496 e. The van der Waals surface area contributed by atoms with Gasteiger partial charge in [-0.3, -0.25) is 24.6 Å². The lowest BCUT2D eigenvalue weighted by molar-refractivity contribution is -0.117. The molecule has 0 aliphatic carbocycles. The average molecular weight is 658 g/mol. The first-order valence-corrected chi connectivity index (χ1v) is 14.9. The number of rotatable bonds is 8. The monoisotopic (exact) mass is 657 g/mol. The molecular weight excluding hydrogens is 630 g/mol. The van der Waals surface area contributed by atoms with Gasteiger partial charge in [0.2, 0.25) is 5.91 Å². The van der Waals surface area contributed by atoms with Crippen molar-refractivity contribution in [2.45, 2.75) is 6.92 Å². The number of carbonyl (C=O) groups excluding carboxylic acids is 4. The van der Waals surface area contributed by atoms with Crippen LogP contribution >= 0.6 is 11.6 Å². The number of aryl methyl sites for hydroxylation is 1. The number of anilines is 3. The number of urea groups is 1. The molecule has 0 saturated carbocycles. The topological polar surface area (TPSA) is 167 Å². The molecule has 3 aromatic carbocycles. The number of nitrogens with zero attached hydrogens (tertiary/aromatic N) is 5. The number of carbonyl (C=O) groups is 4. The molecule has 15 heteroatoms. The molecule has 0 spiro atoms. The molecule has 2 saturated heterocycles. The Morgan fingerprint density at radius 1 is 1.04 bits per heavy atom. The highest BCUT2D eigenvalue weighted by atomic mass is 35.5. The highest BCUT2D eigenvalue weighted by Crippen LogP contribution is 2.38. The maximum Gasteiger partial charge on any atom is 0.329 e. The molecule has 2 aliphatic heterocycles. The zero-order chi connectivity index (χ0) is 33.2. The molecule has 2 N–H and O–H groups in total. The minimum absolute atomic E-state index is 0.0587. The van der Waals surface area contributed by atoms with Gasteiger partial charge in [0.25, 0.3) is 11.8 Å². The Bertz CT molecular complexity index is 1900. The van der Waals surface area contributed by atoms with Crippen LogP contribution in [0, 0.1) is 11.8 Å². The van der Waals surface area contributed by atoms with E-state index >= 15 is 0 Å². The van der Waals surface area contributed by atoms with Gasteiger partial charge in [-0.25, -0.2) is 4.79 Å². The normalized spacial score (nSPS) is 14.7. The molecule has 4 aromatic rings. The molecule has 0 atom stereocenters. The van der Waals surface area contributed by atoms with Crippen LogP contribution in [-0.2, 0) is 4.79 Å². The third kappa shape index (κ3) is 6.10. The van der Waals surface area contributed by atoms with Crippen LogP contribution in [0.25, 0.3) is 11.3 Å². The summed E-state index contributed by atoms with van der Waals surface area (Å²) in [7, 11) is 1.55. The van der Waals surface area contributed by atoms with E-state index in [4.69, 9.17) is 20.9 Å². The van der Waals surface area contributed by atoms with Crippen molar-refractivity contribution in [3.05, 3.63) is 87.5 Å². The molecule has 6 rings (SSSR count). The van der Waals surface area contributed by atoms with E-state index in [9.17, 15) is 24.1 Å². The summed E-state index contributed by atoms with van der Waals surface area (Å²) in [5.41, 5.74) is 2.74. The van der Waals surface area contributed by atoms with Crippen molar-refractivity contribution in [1.29, 1.82) is 0 Å². The van der Waals surface area contributed by atoms with Crippen LogP contribution < -0.4 is 25.2 Å². The largest absolute Gasteiger partial charge is 0.496 e. The molecule has 0 unspecified atom stereocenters. The van der Waals surface area contributed by atoms with Gasteiger partial charge in [-0.2, -0.15) is 0 Å². The third-order valence-corrected chi connectivity index (χ3v) is 8.30. The van der Waals surface area contributed by atoms with Crippen LogP contribution in [0.2, 0.25) is 5.02 Å². The molecule has 14 nitrogen and oxygen atoms in total. The van der Waals surface area contributed by atoms with Crippen LogP contribution in [0.5, 0.6) is 5.75 Å². The van der Waals surface area contributed by atoms with Crippen molar-refractivity contribution >= 4 is 58.1 Å². The fraction of sp³-hybridized carbons (Fsp3) is 0.219. The first-order valence-electron chi connectivity index (χ1n) is 14.5. The van der Waals surface area contributed by atoms with E-state index in [2.05, 4.69) is 21.0 Å². The summed E-state index contributed by atoms with van der Waals surface area (Å²) < 4.78 is 10.9. The Kier molecular flexibility index (Phi) is 8.59. The van der Waals surface area contributed by atoms with Crippen molar-refractivity contribution in [2.75, 3.05) is 55.0 Å². The van der Waals surface area contributed by atoms with Crippen LogP contribution in [0.3, 0.4) is 0 Å². The Hall–Kier alpha value is -5.76. The zero-order valence-electron chi connectivity index (χ0n) is 25.3. The molecule has 47 heavy (non-hydrogen) atoms. The number of methoxy groups -OCH3 is 1. The number of para-hydroxylation sites is 1. The van der Waals surface area contributed by atoms with E-state index in [-0.39, 0.29) is 34.4 Å². The summed E-state index contributed by atoms with van der Waals surface area (Å²) in [6, 6.07) is 15.8. The second-order valence-electron chi connectivity index (χ2n) is 10.8. The first kappa shape index (κ1) is 31.2. The Morgan fingerprint density at radius 3 is 2.43 bits per heavy atom. The van der Waals surface area contributed by atoms with Gasteiger partial charge in [-0.1, -0.05) is 28.9 Å². The van der Waals surface area contributed by atoms with Gasteiger partial charge >= 0.3 is 6.03 Å². The molecule has 1 aromatic heterocycles. The van der Waals surface area contributed by atoms with E-state index in [0.29, 0.717) is 65.9 Å². The van der Waals surface area contributed by atoms with Gasteiger partial charge in [-0.15, -0.1) is 4.91 Å². The predicted molar refractivity (Wildman–Crippen MR) is 174 cm³/mol. The van der Waals surface area contributed by atoms with Crippen molar-refractivity contribution in [3.8, 4) is 17.0 Å². The summed E-state index contributed by atoms with van der Waals surface area (Å²) >= 11 is 6.56. The average Bonchev–Trinajstić information content (AvgIpc) is 3.65. The highest BCUT2D eigenvalue weighted by Gasteiger charge is 2.31.